The van der Waals surface area contributed by atoms with Crippen LogP contribution in [0, 0.1) is 0 Å². The van der Waals surface area contributed by atoms with E-state index >= 15 is 0 Å². The predicted molar refractivity (Wildman–Crippen MR) is 37.7 cm³/mol. The van der Waals surface area contributed by atoms with Gasteiger partial charge in [-0.3, -0.25) is 0 Å². The van der Waals surface area contributed by atoms with E-state index in [2.05, 4.69) is 0 Å². The summed E-state index contributed by atoms with van der Waals surface area (Å²) in [4.78, 5) is 31.2. The van der Waals surface area contributed by atoms with Gasteiger partial charge in [0, 0.05) is 0 Å². The molecule has 15 heteroatoms. The van der Waals surface area contributed by atoms with Crippen molar-refractivity contribution >= 4 is 16.5 Å². The molecule has 0 amide bonds. The van der Waals surface area contributed by atoms with Crippen molar-refractivity contribution in [1.29, 1.82) is 0 Å². The fraction of sp³-hybridized carbons (Fsp3) is 0. The molecule has 15 heavy (non-hydrogen) atoms. The summed E-state index contributed by atoms with van der Waals surface area (Å²) in [5, 5.41) is 0. The van der Waals surface area contributed by atoms with Gasteiger partial charge in [-0.25, -0.2) is 0 Å². The van der Waals surface area contributed by atoms with E-state index in [1.807, 2.05) is 0 Å². The molecule has 12 N–H and O–H groups in total. The largest absolute Gasteiger partial charge is 1.00 e. The monoisotopic (exact) mass is 296 g/mol. The van der Waals surface area contributed by atoms with Crippen LogP contribution in [0.5, 0.6) is 0 Å². The summed E-state index contributed by atoms with van der Waals surface area (Å²) in [6, 6.07) is 0. The summed E-state index contributed by atoms with van der Waals surface area (Å²) >= 11 is 0. The third kappa shape index (κ3) is 896. The van der Waals surface area contributed by atoms with Gasteiger partial charge in [-0.1, -0.05) is 0 Å². The normalized spacial score (nSPS) is 5.87. The summed E-state index contributed by atoms with van der Waals surface area (Å²) in [5.74, 6) is 0. The molecule has 11 nitrogen and oxygen atoms in total. The predicted octanol–water partition coefficient (Wildman–Crippen LogP) is -12.1. The minimum Gasteiger partial charge on any atom is -0.567 e. The molecule has 0 spiro atoms. The van der Waals surface area contributed by atoms with Crippen molar-refractivity contribution in [3.05, 3.63) is 0 Å². The van der Waals surface area contributed by atoms with Crippen LogP contribution in [-0.2, 0) is 9.13 Å². The standard InChI is InChI=1S/2Na.2HO3P.5H2O/c;;2*1-4(2)3;;;;;/h;;2*(H,1,2,3);5*1H2/q2*+1;;;;;;;. The molecule has 2 atom stereocenters. The number of hydrogen-bond donors (Lipinski definition) is 2. The Kier molecular flexibility index (Phi) is 260. The zero-order valence-electron chi connectivity index (χ0n) is 7.92. The van der Waals surface area contributed by atoms with E-state index in [9.17, 15) is 0 Å². The third-order valence-electron chi connectivity index (χ3n) is 0. The van der Waals surface area contributed by atoms with Crippen LogP contribution >= 0.6 is 16.5 Å². The summed E-state index contributed by atoms with van der Waals surface area (Å²) in [6.45, 7) is 0. The summed E-state index contributed by atoms with van der Waals surface area (Å²) in [5.41, 5.74) is 0. The second-order valence-electron chi connectivity index (χ2n) is 0.476. The summed E-state index contributed by atoms with van der Waals surface area (Å²) in [6.07, 6.45) is 0. The van der Waals surface area contributed by atoms with Crippen molar-refractivity contribution in [2.75, 3.05) is 0 Å². The van der Waals surface area contributed by atoms with E-state index < -0.39 is 16.5 Å². The van der Waals surface area contributed by atoms with Crippen LogP contribution in [0.15, 0.2) is 0 Å². The molecule has 88 valence electrons. The molecule has 0 aromatic heterocycles. The maximum atomic E-state index is 8.59. The van der Waals surface area contributed by atoms with Crippen molar-refractivity contribution in [2.45, 2.75) is 0 Å². The number of rotatable bonds is 0. The van der Waals surface area contributed by atoms with Crippen LogP contribution < -0.4 is 68.9 Å². The zero-order chi connectivity index (χ0) is 7.15. The molecule has 0 rings (SSSR count). The van der Waals surface area contributed by atoms with Crippen LogP contribution in [0.3, 0.4) is 0 Å². The molecule has 0 aromatic carbocycles. The maximum absolute atomic E-state index is 8.59. The maximum Gasteiger partial charge on any atom is 1.00 e. The van der Waals surface area contributed by atoms with Crippen LogP contribution in [0.1, 0.15) is 0 Å². The Bertz CT molecular complexity index is 74.6. The smallest absolute Gasteiger partial charge is 0.567 e. The molecular weight excluding hydrogens is 284 g/mol. The van der Waals surface area contributed by atoms with E-state index in [-0.39, 0.29) is 86.5 Å². The average molecular weight is 296 g/mol. The van der Waals surface area contributed by atoms with E-state index in [4.69, 9.17) is 28.7 Å². The molecule has 0 aliphatic carbocycles. The molecular formula is H12Na2O11P2+2. The first kappa shape index (κ1) is 68.7. The zero-order valence-corrected chi connectivity index (χ0v) is 13.7. The van der Waals surface area contributed by atoms with E-state index in [1.54, 1.807) is 0 Å². The van der Waals surface area contributed by atoms with Gasteiger partial charge in [0.25, 0.3) is 0 Å². The summed E-state index contributed by atoms with van der Waals surface area (Å²) in [7, 11) is -6.24. The molecule has 2 unspecified atom stereocenters. The SMILES string of the molecule is O.O.O.O.O.O=[P+]([O-])O.O=[P+]([O-])O.[Na+].[Na+]. The van der Waals surface area contributed by atoms with Crippen LogP contribution in [-0.4, -0.2) is 37.2 Å². The van der Waals surface area contributed by atoms with Gasteiger partial charge in [0.2, 0.25) is 0 Å². The second-order valence-corrected chi connectivity index (χ2v) is 1.43. The quantitative estimate of drug-likeness (QED) is 0.322. The topological polar surface area (TPSA) is 278 Å². The molecule has 0 aromatic rings. The first-order chi connectivity index (χ1) is 3.46. The molecule has 0 saturated carbocycles. The van der Waals surface area contributed by atoms with E-state index in [0.717, 1.165) is 0 Å². The van der Waals surface area contributed by atoms with Crippen molar-refractivity contribution in [1.82, 2.24) is 0 Å². The van der Waals surface area contributed by atoms with Crippen molar-refractivity contribution in [2.24, 2.45) is 0 Å². The Morgan fingerprint density at radius 1 is 0.667 bits per heavy atom. The van der Waals surface area contributed by atoms with Crippen LogP contribution in [0.4, 0.5) is 0 Å². The fourth-order valence-electron chi connectivity index (χ4n) is 0. The molecule has 0 aliphatic heterocycles. The van der Waals surface area contributed by atoms with Crippen molar-refractivity contribution < 1.29 is 115 Å². The van der Waals surface area contributed by atoms with Gasteiger partial charge in [-0.2, -0.15) is 9.79 Å². The molecule has 0 aliphatic rings. The van der Waals surface area contributed by atoms with Gasteiger partial charge in [0.05, 0.1) is 0 Å². The molecule has 0 fully saturated rings. The fourth-order valence-corrected chi connectivity index (χ4v) is 0. The summed E-state index contributed by atoms with van der Waals surface area (Å²) < 4.78 is 17.2. The number of hydrogen-bond acceptors (Lipinski definition) is 4. The van der Waals surface area contributed by atoms with Crippen LogP contribution in [0.2, 0.25) is 0 Å². The minimum absolute atomic E-state index is 0. The first-order valence-corrected chi connectivity index (χ1v) is 3.39. The van der Waals surface area contributed by atoms with Crippen molar-refractivity contribution in [3.63, 3.8) is 0 Å². The Morgan fingerprint density at radius 3 is 0.667 bits per heavy atom. The average Bonchev–Trinajstić information content (AvgIpc) is 1.25. The third-order valence-corrected chi connectivity index (χ3v) is 0. The Hall–Kier alpha value is 1.84. The van der Waals surface area contributed by atoms with Gasteiger partial charge in [0.1, 0.15) is 0 Å². The van der Waals surface area contributed by atoms with Crippen molar-refractivity contribution in [3.8, 4) is 0 Å². The van der Waals surface area contributed by atoms with Gasteiger partial charge in [0.15, 0.2) is 0 Å². The molecule has 0 bridgehead atoms. The van der Waals surface area contributed by atoms with Crippen LogP contribution in [0.25, 0.3) is 0 Å². The Labute approximate surface area is 131 Å². The minimum atomic E-state index is -3.12. The second kappa shape index (κ2) is 56.8. The molecule has 0 radical (unpaired) electrons. The van der Waals surface area contributed by atoms with Gasteiger partial charge < -0.3 is 37.2 Å². The molecule has 0 saturated heterocycles. The van der Waals surface area contributed by atoms with Gasteiger partial charge in [-0.15, -0.1) is 0 Å². The van der Waals surface area contributed by atoms with Gasteiger partial charge in [-0.05, 0) is 9.13 Å². The molecule has 0 heterocycles. The van der Waals surface area contributed by atoms with E-state index in [1.165, 1.54) is 0 Å². The van der Waals surface area contributed by atoms with Gasteiger partial charge >= 0.3 is 75.6 Å². The van der Waals surface area contributed by atoms with E-state index in [0.29, 0.717) is 0 Å². The Morgan fingerprint density at radius 2 is 0.667 bits per heavy atom. The Balaban J connectivity index is -0.00000000468. The first-order valence-electron chi connectivity index (χ1n) is 1.13.